The van der Waals surface area contributed by atoms with Gasteiger partial charge in [0.05, 0.1) is 0 Å². The summed E-state index contributed by atoms with van der Waals surface area (Å²) < 4.78 is 0. The van der Waals surface area contributed by atoms with Gasteiger partial charge in [-0.2, -0.15) is 0 Å². The summed E-state index contributed by atoms with van der Waals surface area (Å²) in [7, 11) is 0. The van der Waals surface area contributed by atoms with Crippen LogP contribution in [0.3, 0.4) is 0 Å². The van der Waals surface area contributed by atoms with Gasteiger partial charge in [0, 0.05) is 0 Å². The molecular weight excluding hydrogens is 144 g/mol. The highest BCUT2D eigenvalue weighted by Crippen LogP contribution is 2.15. The largest absolute Gasteiger partial charge is 0.0776 e. The molecule has 0 aliphatic heterocycles. The van der Waals surface area contributed by atoms with Gasteiger partial charge in [-0.25, -0.2) is 0 Å². The zero-order chi connectivity index (χ0) is 8.53. The number of hydrogen-bond donors (Lipinski definition) is 0. The van der Waals surface area contributed by atoms with E-state index in [0.29, 0.717) is 0 Å². The summed E-state index contributed by atoms with van der Waals surface area (Å²) >= 11 is 0. The molecule has 12 heavy (non-hydrogen) atoms. The zero-order valence-corrected chi connectivity index (χ0v) is 8.53. The van der Waals surface area contributed by atoms with E-state index in [1.807, 2.05) is 0 Å². The van der Waals surface area contributed by atoms with Gasteiger partial charge < -0.3 is 0 Å². The van der Waals surface area contributed by atoms with Crippen molar-refractivity contribution < 1.29 is 0 Å². The zero-order valence-electron chi connectivity index (χ0n) is 8.53. The maximum absolute atomic E-state index is 2.17. The summed E-state index contributed by atoms with van der Waals surface area (Å²) in [4.78, 5) is 0. The summed E-state index contributed by atoms with van der Waals surface area (Å²) in [6, 6.07) is 0. The van der Waals surface area contributed by atoms with E-state index in [4.69, 9.17) is 0 Å². The molecule has 1 saturated carbocycles. The molecule has 0 unspecified atom stereocenters. The standard InChI is InChI=1S/C7H14.C4H10.CH4/c1-2-4-6-7-5-3-1;1-4(2)3;/h1-7H2;4H,1-3H3;1H4. The second-order valence-corrected chi connectivity index (χ2v) is 4.21. The minimum absolute atomic E-state index is 0. The van der Waals surface area contributed by atoms with Crippen molar-refractivity contribution in [2.24, 2.45) is 5.92 Å². The van der Waals surface area contributed by atoms with E-state index in [1.54, 1.807) is 0 Å². The summed E-state index contributed by atoms with van der Waals surface area (Å²) in [5.41, 5.74) is 0. The molecule has 0 spiro atoms. The van der Waals surface area contributed by atoms with Gasteiger partial charge in [0.1, 0.15) is 0 Å². The fourth-order valence-corrected chi connectivity index (χ4v) is 1.24. The third-order valence-electron chi connectivity index (χ3n) is 1.75. The third kappa shape index (κ3) is 16.5. The molecule has 0 saturated heterocycles. The average Bonchev–Trinajstić information content (AvgIpc) is 2.13. The van der Waals surface area contributed by atoms with Crippen molar-refractivity contribution in [3.8, 4) is 0 Å². The molecule has 0 nitrogen and oxygen atoms in total. The van der Waals surface area contributed by atoms with Crippen molar-refractivity contribution in [3.05, 3.63) is 0 Å². The topological polar surface area (TPSA) is 0 Å². The van der Waals surface area contributed by atoms with Crippen LogP contribution in [0.5, 0.6) is 0 Å². The highest BCUT2D eigenvalue weighted by atomic mass is 14.0. The molecule has 0 atom stereocenters. The van der Waals surface area contributed by atoms with Crippen LogP contribution in [0.15, 0.2) is 0 Å². The van der Waals surface area contributed by atoms with Crippen LogP contribution in [-0.2, 0) is 0 Å². The molecule has 0 aromatic rings. The lowest BCUT2D eigenvalue weighted by Gasteiger charge is -1.85. The molecule has 0 N–H and O–H groups in total. The molecule has 0 amide bonds. The molecule has 76 valence electrons. The first kappa shape index (κ1) is 14.5. The van der Waals surface area contributed by atoms with Crippen molar-refractivity contribution in [2.75, 3.05) is 0 Å². The quantitative estimate of drug-likeness (QED) is 0.450. The number of hydrogen-bond acceptors (Lipinski definition) is 0. The molecule has 0 bridgehead atoms. The highest BCUT2D eigenvalue weighted by Gasteiger charge is 1.95. The fourth-order valence-electron chi connectivity index (χ4n) is 1.24. The second-order valence-electron chi connectivity index (χ2n) is 4.21. The Bertz CT molecular complexity index is 42.0. The van der Waals surface area contributed by atoms with E-state index in [9.17, 15) is 0 Å². The maximum Gasteiger partial charge on any atom is -0.0500 e. The number of rotatable bonds is 0. The summed E-state index contributed by atoms with van der Waals surface area (Å²) in [6.07, 6.45) is 10.5. The van der Waals surface area contributed by atoms with Gasteiger partial charge in [0.25, 0.3) is 0 Å². The van der Waals surface area contributed by atoms with Crippen molar-refractivity contribution in [1.82, 2.24) is 0 Å². The summed E-state index contributed by atoms with van der Waals surface area (Å²) in [5, 5.41) is 0. The minimum atomic E-state index is 0. The van der Waals surface area contributed by atoms with Gasteiger partial charge in [0.15, 0.2) is 0 Å². The van der Waals surface area contributed by atoms with E-state index in [2.05, 4.69) is 20.8 Å². The molecule has 0 heteroatoms. The molecule has 1 aliphatic carbocycles. The normalized spacial score (nSPS) is 17.0. The van der Waals surface area contributed by atoms with E-state index in [1.165, 1.54) is 44.9 Å². The molecular formula is C12H28. The first-order valence-corrected chi connectivity index (χ1v) is 5.23. The van der Waals surface area contributed by atoms with E-state index < -0.39 is 0 Å². The van der Waals surface area contributed by atoms with Crippen LogP contribution in [0.2, 0.25) is 0 Å². The predicted molar refractivity (Wildman–Crippen MR) is 59.6 cm³/mol. The second kappa shape index (κ2) is 11.0. The fraction of sp³-hybridized carbons (Fsp3) is 1.00. The van der Waals surface area contributed by atoms with Crippen LogP contribution < -0.4 is 0 Å². The van der Waals surface area contributed by atoms with E-state index in [0.717, 1.165) is 5.92 Å². The first-order valence-electron chi connectivity index (χ1n) is 5.23. The van der Waals surface area contributed by atoms with Gasteiger partial charge >= 0.3 is 0 Å². The van der Waals surface area contributed by atoms with Gasteiger partial charge in [-0.1, -0.05) is 73.1 Å². The SMILES string of the molecule is C.C1CCCCCC1.CC(C)C. The Morgan fingerprint density at radius 1 is 0.583 bits per heavy atom. The molecule has 0 aromatic heterocycles. The molecule has 1 aliphatic rings. The Morgan fingerprint density at radius 3 is 0.750 bits per heavy atom. The van der Waals surface area contributed by atoms with Crippen molar-refractivity contribution in [2.45, 2.75) is 73.1 Å². The van der Waals surface area contributed by atoms with Crippen LogP contribution in [0.25, 0.3) is 0 Å². The predicted octanol–water partition coefficient (Wildman–Crippen LogP) is 5.03. The van der Waals surface area contributed by atoms with Crippen molar-refractivity contribution >= 4 is 0 Å². The Balaban J connectivity index is 0. The van der Waals surface area contributed by atoms with Gasteiger partial charge in [-0.05, 0) is 5.92 Å². The van der Waals surface area contributed by atoms with E-state index in [-0.39, 0.29) is 7.43 Å². The molecule has 1 fully saturated rings. The highest BCUT2D eigenvalue weighted by molar-refractivity contribution is 4.51. The van der Waals surface area contributed by atoms with Gasteiger partial charge in [-0.15, -0.1) is 0 Å². The molecule has 0 heterocycles. The van der Waals surface area contributed by atoms with E-state index >= 15 is 0 Å². The van der Waals surface area contributed by atoms with Crippen molar-refractivity contribution in [1.29, 1.82) is 0 Å². The lowest BCUT2D eigenvalue weighted by atomic mass is 10.2. The van der Waals surface area contributed by atoms with Gasteiger partial charge in [-0.3, -0.25) is 0 Å². The van der Waals surface area contributed by atoms with Crippen LogP contribution in [0.4, 0.5) is 0 Å². The van der Waals surface area contributed by atoms with Crippen LogP contribution in [0, 0.1) is 5.92 Å². The van der Waals surface area contributed by atoms with Crippen LogP contribution in [0.1, 0.15) is 73.1 Å². The average molecular weight is 172 g/mol. The first-order chi connectivity index (χ1) is 5.23. The molecule has 0 radical (unpaired) electrons. The lowest BCUT2D eigenvalue weighted by Crippen LogP contribution is -1.66. The molecule has 0 aromatic carbocycles. The summed E-state index contributed by atoms with van der Waals surface area (Å²) in [6.45, 7) is 6.50. The monoisotopic (exact) mass is 172 g/mol. The van der Waals surface area contributed by atoms with Crippen molar-refractivity contribution in [3.63, 3.8) is 0 Å². The smallest absolute Gasteiger partial charge is 0.0500 e. The van der Waals surface area contributed by atoms with Crippen LogP contribution >= 0.6 is 0 Å². The minimum Gasteiger partial charge on any atom is -0.0776 e. The third-order valence-corrected chi connectivity index (χ3v) is 1.75. The Labute approximate surface area is 79.8 Å². The Morgan fingerprint density at radius 2 is 0.667 bits per heavy atom. The molecule has 1 rings (SSSR count). The summed E-state index contributed by atoms with van der Waals surface area (Å²) in [5.74, 6) is 0.833. The Kier molecular flexibility index (Phi) is 13.3. The van der Waals surface area contributed by atoms with Crippen LogP contribution in [-0.4, -0.2) is 0 Å². The van der Waals surface area contributed by atoms with Gasteiger partial charge in [0.2, 0.25) is 0 Å². The maximum atomic E-state index is 2.17. The Hall–Kier alpha value is 0. The lowest BCUT2D eigenvalue weighted by molar-refractivity contribution is 0.702.